The Morgan fingerprint density at radius 2 is 2.22 bits per heavy atom. The van der Waals surface area contributed by atoms with E-state index < -0.39 is 0 Å². The topological polar surface area (TPSA) is 54.0 Å². The Bertz CT molecular complexity index is 431. The van der Waals surface area contributed by atoms with Crippen molar-refractivity contribution < 1.29 is 4.79 Å². The van der Waals surface area contributed by atoms with Gasteiger partial charge in [0, 0.05) is 10.7 Å². The van der Waals surface area contributed by atoms with Gasteiger partial charge in [-0.2, -0.15) is 0 Å². The first-order chi connectivity index (χ1) is 8.66. The summed E-state index contributed by atoms with van der Waals surface area (Å²) in [5.74, 6) is 0.557. The van der Waals surface area contributed by atoms with Gasteiger partial charge in [-0.1, -0.05) is 12.8 Å². The highest BCUT2D eigenvalue weighted by Gasteiger charge is 2.20. The highest BCUT2D eigenvalue weighted by molar-refractivity contribution is 9.11. The molecule has 1 saturated heterocycles. The number of carbonyl (C=O) groups excluding carboxylic acids is 1. The first-order valence-corrected chi connectivity index (χ1v) is 7.61. The Hall–Kier alpha value is -0.460. The molecule has 1 aliphatic heterocycles. The second kappa shape index (κ2) is 6.63. The van der Waals surface area contributed by atoms with Crippen molar-refractivity contribution in [2.45, 2.75) is 31.7 Å². The van der Waals surface area contributed by atoms with E-state index in [1.165, 1.54) is 6.42 Å². The van der Waals surface area contributed by atoms with Crippen LogP contribution >= 0.6 is 31.9 Å². The number of hydrogen-bond acceptors (Lipinski definition) is 3. The van der Waals surface area contributed by atoms with Crippen LogP contribution in [-0.2, 0) is 4.79 Å². The van der Waals surface area contributed by atoms with Crippen LogP contribution in [0.15, 0.2) is 21.2 Å². The first kappa shape index (κ1) is 14.0. The van der Waals surface area contributed by atoms with Gasteiger partial charge in [0.15, 0.2) is 0 Å². The molecule has 1 aliphatic rings. The Morgan fingerprint density at radius 1 is 1.39 bits per heavy atom. The van der Waals surface area contributed by atoms with Gasteiger partial charge in [-0.05, 0) is 57.3 Å². The molecule has 1 amide bonds. The van der Waals surface area contributed by atoms with Crippen LogP contribution in [0, 0.1) is 0 Å². The van der Waals surface area contributed by atoms with Crippen molar-refractivity contribution in [2.24, 2.45) is 0 Å². The van der Waals surface area contributed by atoms with Gasteiger partial charge in [-0.15, -0.1) is 0 Å². The fourth-order valence-electron chi connectivity index (χ4n) is 1.96. The summed E-state index contributed by atoms with van der Waals surface area (Å²) in [5, 5.41) is 6.12. The van der Waals surface area contributed by atoms with Crippen molar-refractivity contribution in [1.29, 1.82) is 0 Å². The quantitative estimate of drug-likeness (QED) is 0.833. The highest BCUT2D eigenvalue weighted by Crippen LogP contribution is 2.23. The molecule has 0 aromatic carbocycles. The van der Waals surface area contributed by atoms with Gasteiger partial charge in [-0.25, -0.2) is 4.98 Å². The molecule has 0 radical (unpaired) electrons. The lowest BCUT2D eigenvalue weighted by Gasteiger charge is -2.15. The number of hydrogen-bond donors (Lipinski definition) is 2. The van der Waals surface area contributed by atoms with Crippen LogP contribution in [0.1, 0.15) is 25.7 Å². The number of anilines is 1. The second-order valence-electron chi connectivity index (χ2n) is 4.33. The zero-order valence-electron chi connectivity index (χ0n) is 9.88. The normalized spacial score (nSPS) is 20.2. The van der Waals surface area contributed by atoms with E-state index >= 15 is 0 Å². The fourth-order valence-corrected chi connectivity index (χ4v) is 3.05. The van der Waals surface area contributed by atoms with Crippen molar-refractivity contribution in [1.82, 2.24) is 10.3 Å². The first-order valence-electron chi connectivity index (χ1n) is 6.02. The van der Waals surface area contributed by atoms with Crippen LogP contribution < -0.4 is 10.6 Å². The summed E-state index contributed by atoms with van der Waals surface area (Å²) < 4.78 is 1.65. The lowest BCUT2D eigenvalue weighted by molar-refractivity contribution is -0.118. The molecule has 0 saturated carbocycles. The predicted octanol–water partition coefficient (Wildman–Crippen LogP) is 3.08. The van der Waals surface area contributed by atoms with E-state index in [4.69, 9.17) is 0 Å². The largest absolute Gasteiger partial charge is 0.308 e. The Kier molecular flexibility index (Phi) is 5.14. The van der Waals surface area contributed by atoms with E-state index in [0.29, 0.717) is 5.82 Å². The van der Waals surface area contributed by atoms with Crippen LogP contribution in [0.5, 0.6) is 0 Å². The molecule has 1 aromatic rings. The van der Waals surface area contributed by atoms with Crippen molar-refractivity contribution in [3.05, 3.63) is 21.2 Å². The fraction of sp³-hybridized carbons (Fsp3) is 0.500. The third-order valence-corrected chi connectivity index (χ3v) is 3.96. The summed E-state index contributed by atoms with van der Waals surface area (Å²) in [4.78, 5) is 16.3. The average Bonchev–Trinajstić information content (AvgIpc) is 2.61. The SMILES string of the molecule is O=C(Nc1ncc(Br)cc1Br)C1CCCCCN1. The Morgan fingerprint density at radius 3 is 3.00 bits per heavy atom. The molecule has 1 fully saturated rings. The molecule has 1 unspecified atom stereocenters. The Balaban J connectivity index is 2.01. The zero-order chi connectivity index (χ0) is 13.0. The molecule has 1 aromatic heterocycles. The van der Waals surface area contributed by atoms with Gasteiger partial charge in [0.2, 0.25) is 5.91 Å². The Labute approximate surface area is 123 Å². The van der Waals surface area contributed by atoms with E-state index in [1.807, 2.05) is 6.07 Å². The van der Waals surface area contributed by atoms with Crippen LogP contribution in [0.4, 0.5) is 5.82 Å². The minimum Gasteiger partial charge on any atom is -0.308 e. The number of carbonyl (C=O) groups is 1. The average molecular weight is 377 g/mol. The van der Waals surface area contributed by atoms with Crippen molar-refractivity contribution in [3.63, 3.8) is 0 Å². The number of halogens is 2. The smallest absolute Gasteiger partial charge is 0.242 e. The number of amides is 1. The maximum Gasteiger partial charge on any atom is 0.242 e. The molecule has 6 heteroatoms. The van der Waals surface area contributed by atoms with Gasteiger partial charge >= 0.3 is 0 Å². The number of rotatable bonds is 2. The summed E-state index contributed by atoms with van der Waals surface area (Å²) in [6.07, 6.45) is 5.99. The maximum atomic E-state index is 12.1. The monoisotopic (exact) mass is 375 g/mol. The van der Waals surface area contributed by atoms with E-state index in [1.54, 1.807) is 6.20 Å². The molecule has 98 valence electrons. The lowest BCUT2D eigenvalue weighted by Crippen LogP contribution is -2.40. The minimum atomic E-state index is -0.107. The van der Waals surface area contributed by atoms with Gasteiger partial charge in [0.25, 0.3) is 0 Å². The molecule has 2 rings (SSSR count). The van der Waals surface area contributed by atoms with Gasteiger partial charge in [0.1, 0.15) is 5.82 Å². The summed E-state index contributed by atoms with van der Waals surface area (Å²) >= 11 is 6.72. The minimum absolute atomic E-state index is 0.00702. The molecule has 0 aliphatic carbocycles. The van der Waals surface area contributed by atoms with Crippen LogP contribution in [0.2, 0.25) is 0 Å². The summed E-state index contributed by atoms with van der Waals surface area (Å²) in [6, 6.07) is 1.76. The summed E-state index contributed by atoms with van der Waals surface area (Å²) in [7, 11) is 0. The van der Waals surface area contributed by atoms with Gasteiger partial charge in [0.05, 0.1) is 10.5 Å². The van der Waals surface area contributed by atoms with Crippen molar-refractivity contribution in [3.8, 4) is 0 Å². The van der Waals surface area contributed by atoms with E-state index in [-0.39, 0.29) is 11.9 Å². The molecule has 2 heterocycles. The number of nitrogens with one attached hydrogen (secondary N) is 2. The molecule has 0 bridgehead atoms. The van der Waals surface area contributed by atoms with Gasteiger partial charge < -0.3 is 10.6 Å². The number of aromatic nitrogens is 1. The highest BCUT2D eigenvalue weighted by atomic mass is 79.9. The van der Waals surface area contributed by atoms with Crippen LogP contribution in [-0.4, -0.2) is 23.5 Å². The molecule has 2 N–H and O–H groups in total. The molecular formula is C12H15Br2N3O. The predicted molar refractivity (Wildman–Crippen MR) is 78.5 cm³/mol. The van der Waals surface area contributed by atoms with E-state index in [2.05, 4.69) is 47.5 Å². The van der Waals surface area contributed by atoms with Crippen molar-refractivity contribution in [2.75, 3.05) is 11.9 Å². The van der Waals surface area contributed by atoms with Crippen LogP contribution in [0.3, 0.4) is 0 Å². The summed E-state index contributed by atoms with van der Waals surface area (Å²) in [6.45, 7) is 0.910. The molecular weight excluding hydrogens is 362 g/mol. The van der Waals surface area contributed by atoms with E-state index in [0.717, 1.165) is 34.8 Å². The van der Waals surface area contributed by atoms with Crippen molar-refractivity contribution >= 4 is 43.6 Å². The maximum absolute atomic E-state index is 12.1. The number of pyridine rings is 1. The lowest BCUT2D eigenvalue weighted by atomic mass is 10.1. The second-order valence-corrected chi connectivity index (χ2v) is 6.10. The summed E-state index contributed by atoms with van der Waals surface area (Å²) in [5.41, 5.74) is 0. The molecule has 0 spiro atoms. The van der Waals surface area contributed by atoms with Gasteiger partial charge in [-0.3, -0.25) is 4.79 Å². The van der Waals surface area contributed by atoms with Crippen LogP contribution in [0.25, 0.3) is 0 Å². The number of nitrogens with zero attached hydrogens (tertiary/aromatic N) is 1. The molecule has 4 nitrogen and oxygen atoms in total. The zero-order valence-corrected chi connectivity index (χ0v) is 13.1. The third-order valence-electron chi connectivity index (χ3n) is 2.93. The standard InChI is InChI=1S/C12H15Br2N3O/c13-8-6-9(14)11(16-7-8)17-12(18)10-4-2-1-3-5-15-10/h6-7,10,15H,1-5H2,(H,16,17,18). The molecule has 1 atom stereocenters. The van der Waals surface area contributed by atoms with E-state index in [9.17, 15) is 4.79 Å². The molecule has 18 heavy (non-hydrogen) atoms. The third kappa shape index (κ3) is 3.76.